The summed E-state index contributed by atoms with van der Waals surface area (Å²) in [7, 11) is 1.74. The summed E-state index contributed by atoms with van der Waals surface area (Å²) < 4.78 is 5.49. The fourth-order valence-electron chi connectivity index (χ4n) is 3.12. The SMILES string of the molecule is CCCCCN1CCC(c2cc(N)ccc2OC)CC1. The Kier molecular flexibility index (Phi) is 5.72. The molecule has 3 nitrogen and oxygen atoms in total. The van der Waals surface area contributed by atoms with Crippen molar-refractivity contribution in [3.8, 4) is 5.75 Å². The lowest BCUT2D eigenvalue weighted by Gasteiger charge is -2.32. The Labute approximate surface area is 123 Å². The molecular formula is C17H28N2O. The van der Waals surface area contributed by atoms with Crippen LogP contribution in [0.25, 0.3) is 0 Å². The van der Waals surface area contributed by atoms with Crippen LogP contribution in [0.5, 0.6) is 5.75 Å². The topological polar surface area (TPSA) is 38.5 Å². The van der Waals surface area contributed by atoms with Crippen LogP contribution >= 0.6 is 0 Å². The van der Waals surface area contributed by atoms with E-state index < -0.39 is 0 Å². The van der Waals surface area contributed by atoms with Gasteiger partial charge in [-0.3, -0.25) is 0 Å². The monoisotopic (exact) mass is 276 g/mol. The quantitative estimate of drug-likeness (QED) is 0.636. The van der Waals surface area contributed by atoms with Gasteiger partial charge in [0.2, 0.25) is 0 Å². The molecule has 112 valence electrons. The molecule has 0 amide bonds. The van der Waals surface area contributed by atoms with Crippen LogP contribution in [-0.2, 0) is 0 Å². The van der Waals surface area contributed by atoms with Crippen LogP contribution in [0.1, 0.15) is 50.5 Å². The molecule has 3 heteroatoms. The molecule has 0 unspecified atom stereocenters. The highest BCUT2D eigenvalue weighted by molar-refractivity contribution is 5.49. The van der Waals surface area contributed by atoms with Crippen LogP contribution in [-0.4, -0.2) is 31.6 Å². The van der Waals surface area contributed by atoms with Gasteiger partial charge in [-0.15, -0.1) is 0 Å². The third-order valence-corrected chi connectivity index (χ3v) is 4.36. The number of nitrogen functional groups attached to an aromatic ring is 1. The Balaban J connectivity index is 1.91. The molecule has 1 saturated heterocycles. The van der Waals surface area contributed by atoms with Gasteiger partial charge < -0.3 is 15.4 Å². The summed E-state index contributed by atoms with van der Waals surface area (Å²) in [6, 6.07) is 6.01. The zero-order valence-corrected chi connectivity index (χ0v) is 12.9. The second-order valence-corrected chi connectivity index (χ2v) is 5.82. The van der Waals surface area contributed by atoms with Crippen molar-refractivity contribution in [2.24, 2.45) is 0 Å². The minimum atomic E-state index is 0.593. The number of ether oxygens (including phenoxy) is 1. The van der Waals surface area contributed by atoms with Crippen LogP contribution in [0.3, 0.4) is 0 Å². The van der Waals surface area contributed by atoms with Gasteiger partial charge in [-0.2, -0.15) is 0 Å². The van der Waals surface area contributed by atoms with Crippen LogP contribution in [0.15, 0.2) is 18.2 Å². The average molecular weight is 276 g/mol. The molecule has 0 spiro atoms. The van der Waals surface area contributed by atoms with E-state index >= 15 is 0 Å². The zero-order chi connectivity index (χ0) is 14.4. The second kappa shape index (κ2) is 7.53. The lowest BCUT2D eigenvalue weighted by atomic mass is 9.88. The molecule has 0 bridgehead atoms. The van der Waals surface area contributed by atoms with E-state index in [1.807, 2.05) is 12.1 Å². The summed E-state index contributed by atoms with van der Waals surface area (Å²) in [5.41, 5.74) is 8.06. The minimum absolute atomic E-state index is 0.593. The summed E-state index contributed by atoms with van der Waals surface area (Å²) in [5.74, 6) is 1.58. The van der Waals surface area contributed by atoms with Crippen molar-refractivity contribution in [3.05, 3.63) is 23.8 Å². The van der Waals surface area contributed by atoms with Crippen molar-refractivity contribution < 1.29 is 4.74 Å². The number of rotatable bonds is 6. The summed E-state index contributed by atoms with van der Waals surface area (Å²) >= 11 is 0. The number of methoxy groups -OCH3 is 1. The van der Waals surface area contributed by atoms with E-state index in [9.17, 15) is 0 Å². The predicted molar refractivity (Wildman–Crippen MR) is 85.3 cm³/mol. The highest BCUT2D eigenvalue weighted by Gasteiger charge is 2.22. The zero-order valence-electron chi connectivity index (χ0n) is 12.9. The Hall–Kier alpha value is -1.22. The summed E-state index contributed by atoms with van der Waals surface area (Å²) in [5, 5.41) is 0. The van der Waals surface area contributed by atoms with E-state index in [0.717, 1.165) is 11.4 Å². The Morgan fingerprint density at radius 2 is 2.00 bits per heavy atom. The molecule has 1 aliphatic rings. The van der Waals surface area contributed by atoms with Crippen molar-refractivity contribution in [3.63, 3.8) is 0 Å². The first-order valence-corrected chi connectivity index (χ1v) is 7.90. The lowest BCUT2D eigenvalue weighted by molar-refractivity contribution is 0.207. The van der Waals surface area contributed by atoms with E-state index in [4.69, 9.17) is 10.5 Å². The average Bonchev–Trinajstić information content (AvgIpc) is 2.48. The molecule has 0 saturated carbocycles. The fraction of sp³-hybridized carbons (Fsp3) is 0.647. The number of benzene rings is 1. The molecule has 0 radical (unpaired) electrons. The maximum absolute atomic E-state index is 5.93. The first-order chi connectivity index (χ1) is 9.74. The summed E-state index contributed by atoms with van der Waals surface area (Å²) in [4.78, 5) is 2.60. The van der Waals surface area contributed by atoms with E-state index in [1.165, 1.54) is 57.3 Å². The highest BCUT2D eigenvalue weighted by Crippen LogP contribution is 2.35. The molecule has 0 aromatic heterocycles. The smallest absolute Gasteiger partial charge is 0.122 e. The van der Waals surface area contributed by atoms with Crippen LogP contribution < -0.4 is 10.5 Å². The number of hydrogen-bond donors (Lipinski definition) is 1. The minimum Gasteiger partial charge on any atom is -0.496 e. The maximum Gasteiger partial charge on any atom is 0.122 e. The lowest BCUT2D eigenvalue weighted by Crippen LogP contribution is -2.33. The van der Waals surface area contributed by atoms with Crippen molar-refractivity contribution >= 4 is 5.69 Å². The molecule has 2 rings (SSSR count). The second-order valence-electron chi connectivity index (χ2n) is 5.82. The number of unbranched alkanes of at least 4 members (excludes halogenated alkanes) is 2. The molecule has 0 aliphatic carbocycles. The molecule has 2 N–H and O–H groups in total. The highest BCUT2D eigenvalue weighted by atomic mass is 16.5. The van der Waals surface area contributed by atoms with Gasteiger partial charge in [0.05, 0.1) is 7.11 Å². The number of nitrogens with two attached hydrogens (primary N) is 1. The van der Waals surface area contributed by atoms with Gasteiger partial charge in [-0.25, -0.2) is 0 Å². The summed E-state index contributed by atoms with van der Waals surface area (Å²) in [6.45, 7) is 5.92. The molecule has 0 atom stereocenters. The van der Waals surface area contributed by atoms with Gasteiger partial charge in [0.1, 0.15) is 5.75 Å². The van der Waals surface area contributed by atoms with E-state index in [1.54, 1.807) is 7.11 Å². The Bertz CT molecular complexity index is 411. The van der Waals surface area contributed by atoms with Gasteiger partial charge in [0, 0.05) is 5.69 Å². The van der Waals surface area contributed by atoms with E-state index in [-0.39, 0.29) is 0 Å². The first-order valence-electron chi connectivity index (χ1n) is 7.90. The third kappa shape index (κ3) is 3.89. The molecule has 1 aliphatic heterocycles. The first kappa shape index (κ1) is 15.2. The third-order valence-electron chi connectivity index (χ3n) is 4.36. The van der Waals surface area contributed by atoms with Gasteiger partial charge in [0.15, 0.2) is 0 Å². The van der Waals surface area contributed by atoms with Crippen molar-refractivity contribution in [1.82, 2.24) is 4.90 Å². The number of hydrogen-bond acceptors (Lipinski definition) is 3. The van der Waals surface area contributed by atoms with Crippen molar-refractivity contribution in [2.45, 2.75) is 44.9 Å². The number of nitrogens with zero attached hydrogens (tertiary/aromatic N) is 1. The van der Waals surface area contributed by atoms with Gasteiger partial charge in [0.25, 0.3) is 0 Å². The van der Waals surface area contributed by atoms with Crippen LogP contribution in [0.4, 0.5) is 5.69 Å². The van der Waals surface area contributed by atoms with Crippen LogP contribution in [0, 0.1) is 0 Å². The van der Waals surface area contributed by atoms with E-state index in [0.29, 0.717) is 5.92 Å². The molecule has 1 heterocycles. The van der Waals surface area contributed by atoms with Gasteiger partial charge >= 0.3 is 0 Å². The molecule has 1 fully saturated rings. The predicted octanol–water partition coefficient (Wildman–Crippen LogP) is 3.65. The number of anilines is 1. The van der Waals surface area contributed by atoms with Crippen LogP contribution in [0.2, 0.25) is 0 Å². The Morgan fingerprint density at radius 1 is 1.25 bits per heavy atom. The standard InChI is InChI=1S/C17H28N2O/c1-3-4-5-10-19-11-8-14(9-12-19)16-13-15(18)6-7-17(16)20-2/h6-7,13-14H,3-5,8-12,18H2,1-2H3. The summed E-state index contributed by atoms with van der Waals surface area (Å²) in [6.07, 6.45) is 6.42. The molecule has 1 aromatic rings. The Morgan fingerprint density at radius 3 is 2.65 bits per heavy atom. The number of piperidine rings is 1. The molecular weight excluding hydrogens is 248 g/mol. The molecule has 20 heavy (non-hydrogen) atoms. The fourth-order valence-corrected chi connectivity index (χ4v) is 3.12. The largest absolute Gasteiger partial charge is 0.496 e. The van der Waals surface area contributed by atoms with Crippen molar-refractivity contribution in [2.75, 3.05) is 32.5 Å². The maximum atomic E-state index is 5.93. The van der Waals surface area contributed by atoms with Gasteiger partial charge in [-0.1, -0.05) is 19.8 Å². The van der Waals surface area contributed by atoms with E-state index in [2.05, 4.69) is 17.9 Å². The normalized spacial score (nSPS) is 17.3. The van der Waals surface area contributed by atoms with Gasteiger partial charge in [-0.05, 0) is 68.6 Å². The number of likely N-dealkylation sites (tertiary alicyclic amines) is 1. The molecule has 1 aromatic carbocycles. The van der Waals surface area contributed by atoms with Crippen molar-refractivity contribution in [1.29, 1.82) is 0 Å².